The molecule has 1 heterocycles. The summed E-state index contributed by atoms with van der Waals surface area (Å²) in [4.78, 5) is 15.2. The minimum absolute atomic E-state index is 0.371. The number of rotatable bonds is 8. The molecule has 0 unspecified atom stereocenters. The van der Waals surface area contributed by atoms with Crippen molar-refractivity contribution in [2.45, 2.75) is 45.4 Å². The molecular weight excluding hydrogens is 338 g/mol. The van der Waals surface area contributed by atoms with Crippen LogP contribution in [0.5, 0.6) is 11.6 Å². The van der Waals surface area contributed by atoms with E-state index in [1.165, 1.54) is 43.9 Å². The molecule has 2 aromatic rings. The summed E-state index contributed by atoms with van der Waals surface area (Å²) in [7, 11) is 0. The fraction of sp³-hybridized carbons (Fsp3) is 0.455. The third-order valence-electron chi connectivity index (χ3n) is 5.22. The number of benzene rings is 1. The predicted molar refractivity (Wildman–Crippen MR) is 107 cm³/mol. The van der Waals surface area contributed by atoms with Crippen molar-refractivity contribution < 1.29 is 9.53 Å². The van der Waals surface area contributed by atoms with Gasteiger partial charge in [-0.3, -0.25) is 4.79 Å². The second-order valence-electron chi connectivity index (χ2n) is 7.41. The Hall–Kier alpha value is -2.40. The molecule has 1 aromatic carbocycles. The zero-order valence-corrected chi connectivity index (χ0v) is 16.0. The van der Waals surface area contributed by atoms with Gasteiger partial charge in [0.05, 0.1) is 5.56 Å². The van der Waals surface area contributed by atoms with Gasteiger partial charge in [0.2, 0.25) is 11.8 Å². The van der Waals surface area contributed by atoms with Crippen LogP contribution in [0.3, 0.4) is 0 Å². The van der Waals surface area contributed by atoms with Gasteiger partial charge in [0.25, 0.3) is 0 Å². The first-order chi connectivity index (χ1) is 13.1. The largest absolute Gasteiger partial charge is 0.439 e. The molecular formula is C22H29N3O2. The molecule has 1 saturated carbocycles. The van der Waals surface area contributed by atoms with Crippen molar-refractivity contribution >= 4 is 5.91 Å². The Kier molecular flexibility index (Phi) is 6.82. The average Bonchev–Trinajstić information content (AvgIpc) is 2.68. The molecule has 3 N–H and O–H groups in total. The normalized spacial score (nSPS) is 14.9. The topological polar surface area (TPSA) is 77.2 Å². The zero-order chi connectivity index (χ0) is 19.1. The molecule has 0 radical (unpaired) electrons. The van der Waals surface area contributed by atoms with Crippen molar-refractivity contribution in [3.63, 3.8) is 0 Å². The van der Waals surface area contributed by atoms with Crippen molar-refractivity contribution in [3.05, 3.63) is 53.2 Å². The van der Waals surface area contributed by atoms with Gasteiger partial charge in [-0.15, -0.1) is 0 Å². The quantitative estimate of drug-likeness (QED) is 0.692. The number of nitrogens with two attached hydrogens (primary N) is 1. The SMILES string of the molecule is Cc1cc(CCNCC2CCCCC2)ccc1Oc1ccc(C(N)=O)cn1. The van der Waals surface area contributed by atoms with E-state index < -0.39 is 5.91 Å². The summed E-state index contributed by atoms with van der Waals surface area (Å²) < 4.78 is 5.82. The maximum Gasteiger partial charge on any atom is 0.250 e. The number of aromatic nitrogens is 1. The molecule has 0 saturated heterocycles. The van der Waals surface area contributed by atoms with Crippen LogP contribution in [0.4, 0.5) is 0 Å². The lowest BCUT2D eigenvalue weighted by Gasteiger charge is -2.21. The number of pyridine rings is 1. The maximum absolute atomic E-state index is 11.1. The summed E-state index contributed by atoms with van der Waals surface area (Å²) in [5.74, 6) is 1.59. The zero-order valence-electron chi connectivity index (χ0n) is 16.0. The second kappa shape index (κ2) is 9.51. The number of nitrogens with zero attached hydrogens (tertiary/aromatic N) is 1. The third kappa shape index (κ3) is 5.79. The number of primary amides is 1. The Morgan fingerprint density at radius 1 is 1.22 bits per heavy atom. The molecule has 0 aliphatic heterocycles. The molecule has 1 amide bonds. The number of hydrogen-bond acceptors (Lipinski definition) is 4. The minimum Gasteiger partial charge on any atom is -0.439 e. The van der Waals surface area contributed by atoms with Crippen LogP contribution in [-0.2, 0) is 6.42 Å². The van der Waals surface area contributed by atoms with Gasteiger partial charge < -0.3 is 15.8 Å². The van der Waals surface area contributed by atoms with Gasteiger partial charge in [0.15, 0.2) is 0 Å². The van der Waals surface area contributed by atoms with Gasteiger partial charge in [0.1, 0.15) is 5.75 Å². The lowest BCUT2D eigenvalue weighted by atomic mass is 9.89. The monoisotopic (exact) mass is 367 g/mol. The van der Waals surface area contributed by atoms with Crippen LogP contribution < -0.4 is 15.8 Å². The van der Waals surface area contributed by atoms with Gasteiger partial charge in [-0.2, -0.15) is 0 Å². The Balaban J connectivity index is 1.48. The minimum atomic E-state index is -0.494. The van der Waals surface area contributed by atoms with Crippen LogP contribution in [-0.4, -0.2) is 24.0 Å². The van der Waals surface area contributed by atoms with E-state index in [4.69, 9.17) is 10.5 Å². The highest BCUT2D eigenvalue weighted by atomic mass is 16.5. The van der Waals surface area contributed by atoms with E-state index >= 15 is 0 Å². The number of ether oxygens (including phenoxy) is 1. The van der Waals surface area contributed by atoms with Crippen LogP contribution >= 0.6 is 0 Å². The average molecular weight is 367 g/mol. The van der Waals surface area contributed by atoms with Gasteiger partial charge in [0, 0.05) is 12.3 Å². The summed E-state index contributed by atoms with van der Waals surface area (Å²) >= 11 is 0. The summed E-state index contributed by atoms with van der Waals surface area (Å²) in [6.45, 7) is 4.19. The number of amides is 1. The van der Waals surface area contributed by atoms with Crippen LogP contribution in [0.15, 0.2) is 36.5 Å². The first-order valence-corrected chi connectivity index (χ1v) is 9.86. The summed E-state index contributed by atoms with van der Waals surface area (Å²) in [5.41, 5.74) is 7.96. The van der Waals surface area contributed by atoms with E-state index in [0.717, 1.165) is 36.7 Å². The molecule has 1 aromatic heterocycles. The molecule has 144 valence electrons. The van der Waals surface area contributed by atoms with Crippen LogP contribution in [0.2, 0.25) is 0 Å². The van der Waals surface area contributed by atoms with Gasteiger partial charge in [-0.05, 0) is 68.5 Å². The van der Waals surface area contributed by atoms with Crippen molar-refractivity contribution in [2.24, 2.45) is 11.7 Å². The van der Waals surface area contributed by atoms with Crippen molar-refractivity contribution in [1.29, 1.82) is 0 Å². The number of carbonyl (C=O) groups excluding carboxylic acids is 1. The van der Waals surface area contributed by atoms with Crippen molar-refractivity contribution in [3.8, 4) is 11.6 Å². The molecule has 5 heteroatoms. The van der Waals surface area contributed by atoms with E-state index in [9.17, 15) is 4.79 Å². The highest BCUT2D eigenvalue weighted by Gasteiger charge is 2.12. The smallest absolute Gasteiger partial charge is 0.250 e. The van der Waals surface area contributed by atoms with Crippen molar-refractivity contribution in [2.75, 3.05) is 13.1 Å². The molecule has 5 nitrogen and oxygen atoms in total. The predicted octanol–water partition coefficient (Wildman–Crippen LogP) is 3.99. The summed E-state index contributed by atoms with van der Waals surface area (Å²) in [5, 5.41) is 3.61. The Morgan fingerprint density at radius 2 is 2.04 bits per heavy atom. The number of carbonyl (C=O) groups is 1. The Bertz CT molecular complexity index is 753. The fourth-order valence-electron chi connectivity index (χ4n) is 3.61. The highest BCUT2D eigenvalue weighted by molar-refractivity contribution is 5.92. The van der Waals surface area contributed by atoms with Gasteiger partial charge in [-0.25, -0.2) is 4.98 Å². The van der Waals surface area contributed by atoms with Gasteiger partial charge in [-0.1, -0.05) is 31.4 Å². The first kappa shape index (κ1) is 19.4. The molecule has 1 aliphatic carbocycles. The number of aryl methyl sites for hydroxylation is 1. The maximum atomic E-state index is 11.1. The summed E-state index contributed by atoms with van der Waals surface area (Å²) in [6, 6.07) is 9.52. The molecule has 1 fully saturated rings. The van der Waals surface area contributed by atoms with Crippen LogP contribution in [0.25, 0.3) is 0 Å². The van der Waals surface area contributed by atoms with E-state index in [0.29, 0.717) is 11.4 Å². The Morgan fingerprint density at radius 3 is 2.70 bits per heavy atom. The molecule has 1 aliphatic rings. The third-order valence-corrected chi connectivity index (χ3v) is 5.22. The molecule has 27 heavy (non-hydrogen) atoms. The van der Waals surface area contributed by atoms with E-state index in [1.807, 2.05) is 13.0 Å². The number of hydrogen-bond donors (Lipinski definition) is 2. The molecule has 0 atom stereocenters. The lowest BCUT2D eigenvalue weighted by Crippen LogP contribution is -2.26. The molecule has 0 bridgehead atoms. The summed E-state index contributed by atoms with van der Waals surface area (Å²) in [6.07, 6.45) is 9.41. The van der Waals surface area contributed by atoms with E-state index in [1.54, 1.807) is 12.1 Å². The van der Waals surface area contributed by atoms with Crippen LogP contribution in [0.1, 0.15) is 53.6 Å². The fourth-order valence-corrected chi connectivity index (χ4v) is 3.61. The Labute approximate surface area is 161 Å². The molecule has 0 spiro atoms. The van der Waals surface area contributed by atoms with Crippen molar-refractivity contribution in [1.82, 2.24) is 10.3 Å². The van der Waals surface area contributed by atoms with Crippen LogP contribution in [0, 0.1) is 12.8 Å². The van der Waals surface area contributed by atoms with Gasteiger partial charge >= 0.3 is 0 Å². The highest BCUT2D eigenvalue weighted by Crippen LogP contribution is 2.25. The first-order valence-electron chi connectivity index (χ1n) is 9.86. The second-order valence-corrected chi connectivity index (χ2v) is 7.41. The lowest BCUT2D eigenvalue weighted by molar-refractivity contribution is 0.1000. The standard InChI is InChI=1S/C22H29N3O2/c1-16-13-17(11-12-24-14-18-5-3-2-4-6-18)7-9-20(16)27-21-10-8-19(15-25-21)22(23)26/h7-10,13,15,18,24H,2-6,11-12,14H2,1H3,(H2,23,26). The molecule has 3 rings (SSSR count). The van der Waals surface area contributed by atoms with E-state index in [-0.39, 0.29) is 0 Å². The number of nitrogens with one attached hydrogen (secondary N) is 1. The van der Waals surface area contributed by atoms with E-state index in [2.05, 4.69) is 22.4 Å².